The number of fused-ring (bicyclic) bond motifs is 1. The van der Waals surface area contributed by atoms with E-state index in [1.54, 1.807) is 6.07 Å². The van der Waals surface area contributed by atoms with Gasteiger partial charge in [0.1, 0.15) is 5.82 Å². The third-order valence-electron chi connectivity index (χ3n) is 1.72. The highest BCUT2D eigenvalue weighted by Crippen LogP contribution is 2.29. The number of aryl methyl sites for hydroxylation is 1. The molecule has 62 valence electrons. The summed E-state index contributed by atoms with van der Waals surface area (Å²) in [5, 5.41) is 0.898. The van der Waals surface area contributed by atoms with Crippen LogP contribution in [0.25, 0.3) is 10.1 Å². The third-order valence-corrected chi connectivity index (χ3v) is 2.79. The predicted molar refractivity (Wildman–Crippen MR) is 50.9 cm³/mol. The predicted octanol–water partition coefficient (Wildman–Crippen LogP) is 2.93. The van der Waals surface area contributed by atoms with Gasteiger partial charge in [0.25, 0.3) is 0 Å². The van der Waals surface area contributed by atoms with E-state index in [-0.39, 0.29) is 5.82 Å². The highest BCUT2D eigenvalue weighted by molar-refractivity contribution is 7.19. The normalized spacial score (nSPS) is 10.8. The fourth-order valence-electron chi connectivity index (χ4n) is 1.26. The van der Waals surface area contributed by atoms with Crippen LogP contribution in [0, 0.1) is 12.7 Å². The van der Waals surface area contributed by atoms with Crippen molar-refractivity contribution in [2.24, 2.45) is 0 Å². The maximum Gasteiger partial charge on any atom is 0.143 e. The van der Waals surface area contributed by atoms with E-state index < -0.39 is 0 Å². The molecule has 0 aliphatic heterocycles. The molecule has 0 spiro atoms. The van der Waals surface area contributed by atoms with Crippen LogP contribution in [-0.2, 0) is 0 Å². The summed E-state index contributed by atoms with van der Waals surface area (Å²) < 4.78 is 13.9. The van der Waals surface area contributed by atoms with Crippen molar-refractivity contribution in [3.05, 3.63) is 28.9 Å². The van der Waals surface area contributed by atoms with Gasteiger partial charge in [-0.05, 0) is 30.5 Å². The second-order valence-electron chi connectivity index (χ2n) is 2.78. The molecule has 2 aromatic rings. The molecule has 1 heterocycles. The lowest BCUT2D eigenvalue weighted by Crippen LogP contribution is -1.84. The van der Waals surface area contributed by atoms with Crippen LogP contribution >= 0.6 is 11.3 Å². The van der Waals surface area contributed by atoms with Crippen LogP contribution in [0.1, 0.15) is 4.88 Å². The second-order valence-corrected chi connectivity index (χ2v) is 4.03. The standard InChI is InChI=1S/C9H8FNS/c1-5-2-6-3-7(11)4-8(10)9(6)12-5/h2-4H,11H2,1H3. The van der Waals surface area contributed by atoms with Gasteiger partial charge in [-0.2, -0.15) is 0 Å². The molecule has 0 bridgehead atoms. The first-order valence-corrected chi connectivity index (χ1v) is 4.43. The average Bonchev–Trinajstić information content (AvgIpc) is 2.29. The topological polar surface area (TPSA) is 26.0 Å². The van der Waals surface area contributed by atoms with Crippen LogP contribution in [0.2, 0.25) is 0 Å². The molecule has 0 aliphatic carbocycles. The number of thiophene rings is 1. The Morgan fingerprint density at radius 1 is 1.33 bits per heavy atom. The van der Waals surface area contributed by atoms with Crippen molar-refractivity contribution in [3.63, 3.8) is 0 Å². The van der Waals surface area contributed by atoms with Crippen LogP contribution in [0.4, 0.5) is 10.1 Å². The lowest BCUT2D eigenvalue weighted by atomic mass is 10.2. The number of rotatable bonds is 0. The maximum atomic E-state index is 13.2. The molecular weight excluding hydrogens is 173 g/mol. The van der Waals surface area contributed by atoms with Gasteiger partial charge in [0, 0.05) is 10.6 Å². The molecule has 0 amide bonds. The summed E-state index contributed by atoms with van der Waals surface area (Å²) in [4.78, 5) is 1.11. The Morgan fingerprint density at radius 3 is 2.83 bits per heavy atom. The summed E-state index contributed by atoms with van der Waals surface area (Å²) in [7, 11) is 0. The summed E-state index contributed by atoms with van der Waals surface area (Å²) in [5.41, 5.74) is 5.98. The number of nitrogens with two attached hydrogens (primary N) is 1. The third kappa shape index (κ3) is 1.06. The van der Waals surface area contributed by atoms with Gasteiger partial charge in [0.05, 0.1) is 4.70 Å². The van der Waals surface area contributed by atoms with Gasteiger partial charge >= 0.3 is 0 Å². The average molecular weight is 181 g/mol. The van der Waals surface area contributed by atoms with Crippen molar-refractivity contribution >= 4 is 27.1 Å². The number of hydrogen-bond donors (Lipinski definition) is 1. The zero-order valence-corrected chi connectivity index (χ0v) is 7.41. The van der Waals surface area contributed by atoms with Crippen LogP contribution < -0.4 is 5.73 Å². The largest absolute Gasteiger partial charge is 0.399 e. The van der Waals surface area contributed by atoms with Gasteiger partial charge in [-0.1, -0.05) is 0 Å². The number of anilines is 1. The van der Waals surface area contributed by atoms with Gasteiger partial charge in [0.2, 0.25) is 0 Å². The molecule has 0 radical (unpaired) electrons. The minimum absolute atomic E-state index is 0.219. The number of nitrogen functional groups attached to an aromatic ring is 1. The molecule has 0 saturated carbocycles. The zero-order valence-electron chi connectivity index (χ0n) is 6.60. The van der Waals surface area contributed by atoms with Gasteiger partial charge < -0.3 is 5.73 Å². The first kappa shape index (κ1) is 7.55. The molecule has 0 fully saturated rings. The van der Waals surface area contributed by atoms with Gasteiger partial charge in [-0.15, -0.1) is 11.3 Å². The monoisotopic (exact) mass is 181 g/mol. The van der Waals surface area contributed by atoms with E-state index in [1.807, 2.05) is 13.0 Å². The quantitative estimate of drug-likeness (QED) is 0.621. The zero-order chi connectivity index (χ0) is 8.72. The van der Waals surface area contributed by atoms with E-state index in [1.165, 1.54) is 17.4 Å². The van der Waals surface area contributed by atoms with E-state index >= 15 is 0 Å². The van der Waals surface area contributed by atoms with Crippen LogP contribution in [0.5, 0.6) is 0 Å². The van der Waals surface area contributed by atoms with Crippen molar-refractivity contribution in [2.45, 2.75) is 6.92 Å². The minimum atomic E-state index is -0.219. The second kappa shape index (κ2) is 2.45. The maximum absolute atomic E-state index is 13.2. The lowest BCUT2D eigenvalue weighted by molar-refractivity contribution is 0.642. The molecule has 12 heavy (non-hydrogen) atoms. The first-order valence-electron chi connectivity index (χ1n) is 3.62. The SMILES string of the molecule is Cc1cc2cc(N)cc(F)c2s1. The first-order chi connectivity index (χ1) is 5.66. The van der Waals surface area contributed by atoms with Crippen molar-refractivity contribution < 1.29 is 4.39 Å². The highest BCUT2D eigenvalue weighted by Gasteiger charge is 2.04. The summed E-state index contributed by atoms with van der Waals surface area (Å²) >= 11 is 1.46. The molecule has 0 unspecified atom stereocenters. The Balaban J connectivity index is 2.88. The Morgan fingerprint density at radius 2 is 2.08 bits per heavy atom. The van der Waals surface area contributed by atoms with Crippen molar-refractivity contribution in [2.75, 3.05) is 5.73 Å². The van der Waals surface area contributed by atoms with Crippen molar-refractivity contribution in [1.82, 2.24) is 0 Å². The van der Waals surface area contributed by atoms with Crippen LogP contribution in [-0.4, -0.2) is 0 Å². The van der Waals surface area contributed by atoms with Crippen molar-refractivity contribution in [1.29, 1.82) is 0 Å². The lowest BCUT2D eigenvalue weighted by Gasteiger charge is -1.94. The smallest absolute Gasteiger partial charge is 0.143 e. The Bertz CT molecular complexity index is 433. The highest BCUT2D eigenvalue weighted by atomic mass is 32.1. The number of benzene rings is 1. The summed E-state index contributed by atoms with van der Waals surface area (Å²) in [6.07, 6.45) is 0. The fourth-order valence-corrected chi connectivity index (χ4v) is 2.16. The summed E-state index contributed by atoms with van der Waals surface area (Å²) in [5.74, 6) is -0.219. The van der Waals surface area contributed by atoms with Crippen LogP contribution in [0.3, 0.4) is 0 Å². The van der Waals surface area contributed by atoms with E-state index in [4.69, 9.17) is 5.73 Å². The molecule has 3 heteroatoms. The Labute approximate surface area is 73.6 Å². The fraction of sp³-hybridized carbons (Fsp3) is 0.111. The summed E-state index contributed by atoms with van der Waals surface area (Å²) in [6.45, 7) is 1.96. The van der Waals surface area contributed by atoms with E-state index in [0.29, 0.717) is 10.4 Å². The van der Waals surface area contributed by atoms with E-state index in [9.17, 15) is 4.39 Å². The minimum Gasteiger partial charge on any atom is -0.399 e. The molecule has 1 nitrogen and oxygen atoms in total. The van der Waals surface area contributed by atoms with Crippen molar-refractivity contribution in [3.8, 4) is 0 Å². The van der Waals surface area contributed by atoms with Gasteiger partial charge in [-0.25, -0.2) is 4.39 Å². The molecular formula is C9H8FNS. The Hall–Kier alpha value is -1.09. The number of hydrogen-bond acceptors (Lipinski definition) is 2. The molecule has 1 aromatic heterocycles. The van der Waals surface area contributed by atoms with E-state index in [0.717, 1.165) is 10.3 Å². The van der Waals surface area contributed by atoms with Gasteiger partial charge in [0.15, 0.2) is 0 Å². The Kier molecular flexibility index (Phi) is 1.54. The van der Waals surface area contributed by atoms with E-state index in [2.05, 4.69) is 0 Å². The molecule has 0 saturated heterocycles. The molecule has 2 rings (SSSR count). The molecule has 2 N–H and O–H groups in total. The van der Waals surface area contributed by atoms with Gasteiger partial charge in [-0.3, -0.25) is 0 Å². The van der Waals surface area contributed by atoms with Crippen LogP contribution in [0.15, 0.2) is 18.2 Å². The summed E-state index contributed by atoms with van der Waals surface area (Å²) in [6, 6.07) is 5.10. The number of halogens is 1. The molecule has 0 aliphatic rings. The molecule has 0 atom stereocenters. The molecule has 1 aromatic carbocycles.